The summed E-state index contributed by atoms with van der Waals surface area (Å²) >= 11 is 0. The molecule has 0 spiro atoms. The molecule has 1 amide bonds. The van der Waals surface area contributed by atoms with Gasteiger partial charge in [-0.3, -0.25) is 4.79 Å². The second-order valence-corrected chi connectivity index (χ2v) is 5.24. The Labute approximate surface area is 120 Å². The molecule has 1 aliphatic rings. The van der Waals surface area contributed by atoms with Gasteiger partial charge in [0, 0.05) is 18.7 Å². The molecule has 0 unspecified atom stereocenters. The highest BCUT2D eigenvalue weighted by molar-refractivity contribution is 5.94. The zero-order valence-corrected chi connectivity index (χ0v) is 12.3. The Morgan fingerprint density at radius 1 is 1.30 bits per heavy atom. The number of rotatable bonds is 4. The Morgan fingerprint density at radius 3 is 2.55 bits per heavy atom. The van der Waals surface area contributed by atoms with E-state index in [1.165, 1.54) is 6.07 Å². The lowest BCUT2D eigenvalue weighted by molar-refractivity contribution is 0.0773. The molecular formula is C16H23FN2O. The van der Waals surface area contributed by atoms with E-state index in [4.69, 9.17) is 0 Å². The Bertz CT molecular complexity index is 466. The molecule has 1 aromatic carbocycles. The Morgan fingerprint density at radius 2 is 1.95 bits per heavy atom. The highest BCUT2D eigenvalue weighted by atomic mass is 19.1. The van der Waals surface area contributed by atoms with Crippen molar-refractivity contribution < 1.29 is 9.18 Å². The van der Waals surface area contributed by atoms with Crippen LogP contribution < -0.4 is 5.32 Å². The number of hydrogen-bond donors (Lipinski definition) is 1. The molecule has 0 radical (unpaired) electrons. The summed E-state index contributed by atoms with van der Waals surface area (Å²) in [6.45, 7) is 7.10. The van der Waals surface area contributed by atoms with Gasteiger partial charge in [0.25, 0.3) is 5.91 Å². The average Bonchev–Trinajstić information content (AvgIpc) is 2.49. The van der Waals surface area contributed by atoms with Gasteiger partial charge in [-0.05, 0) is 69.5 Å². The van der Waals surface area contributed by atoms with Crippen LogP contribution in [0.5, 0.6) is 0 Å². The van der Waals surface area contributed by atoms with Crippen molar-refractivity contribution in [3.63, 3.8) is 0 Å². The van der Waals surface area contributed by atoms with Crippen molar-refractivity contribution in [1.29, 1.82) is 0 Å². The largest absolute Gasteiger partial charge is 0.339 e. The number of amides is 1. The van der Waals surface area contributed by atoms with Gasteiger partial charge in [-0.15, -0.1) is 0 Å². The molecule has 1 fully saturated rings. The number of hydrogen-bond acceptors (Lipinski definition) is 2. The molecule has 110 valence electrons. The fourth-order valence-corrected chi connectivity index (χ4v) is 2.82. The molecule has 0 aromatic heterocycles. The second kappa shape index (κ2) is 6.84. The van der Waals surface area contributed by atoms with E-state index < -0.39 is 0 Å². The van der Waals surface area contributed by atoms with Crippen molar-refractivity contribution in [2.75, 3.05) is 26.2 Å². The van der Waals surface area contributed by atoms with Crippen molar-refractivity contribution in [1.82, 2.24) is 10.2 Å². The van der Waals surface area contributed by atoms with Gasteiger partial charge in [-0.1, -0.05) is 0 Å². The van der Waals surface area contributed by atoms with Crippen LogP contribution in [0.1, 0.15) is 48.5 Å². The first-order valence-corrected chi connectivity index (χ1v) is 7.46. The Hall–Kier alpha value is -1.42. The number of nitrogens with zero attached hydrogens (tertiary/aromatic N) is 1. The highest BCUT2D eigenvalue weighted by Gasteiger charge is 2.21. The number of benzene rings is 1. The van der Waals surface area contributed by atoms with Crippen LogP contribution in [0.15, 0.2) is 18.2 Å². The minimum absolute atomic E-state index is 0.00909. The normalized spacial score (nSPS) is 16.1. The van der Waals surface area contributed by atoms with Gasteiger partial charge in [0.15, 0.2) is 0 Å². The van der Waals surface area contributed by atoms with Crippen LogP contribution in [-0.2, 0) is 0 Å². The predicted octanol–water partition coefficient (Wildman–Crippen LogP) is 2.77. The highest BCUT2D eigenvalue weighted by Crippen LogP contribution is 2.28. The molecule has 2 rings (SSSR count). The van der Waals surface area contributed by atoms with Crippen LogP contribution in [0.3, 0.4) is 0 Å². The van der Waals surface area contributed by atoms with Crippen LogP contribution in [0, 0.1) is 5.82 Å². The standard InChI is InChI=1S/C16H23FN2O/c1-3-19(4-2)16(20)13-5-6-15(17)14(11-13)12-7-9-18-10-8-12/h5-6,11-12,18H,3-4,7-10H2,1-2H3. The second-order valence-electron chi connectivity index (χ2n) is 5.24. The molecule has 1 N–H and O–H groups in total. The van der Waals surface area contributed by atoms with Gasteiger partial charge in [0.05, 0.1) is 0 Å². The molecule has 0 aliphatic carbocycles. The molecule has 0 atom stereocenters. The maximum Gasteiger partial charge on any atom is 0.253 e. The first kappa shape index (κ1) is 15.0. The molecule has 1 saturated heterocycles. The quantitative estimate of drug-likeness (QED) is 0.918. The van der Waals surface area contributed by atoms with Crippen LogP contribution in [0.25, 0.3) is 0 Å². The first-order chi connectivity index (χ1) is 9.67. The van der Waals surface area contributed by atoms with Gasteiger partial charge in [-0.25, -0.2) is 4.39 Å². The lowest BCUT2D eigenvalue weighted by Gasteiger charge is -2.24. The van der Waals surface area contributed by atoms with Gasteiger partial charge < -0.3 is 10.2 Å². The zero-order valence-electron chi connectivity index (χ0n) is 12.3. The fraction of sp³-hybridized carbons (Fsp3) is 0.562. The number of carbonyl (C=O) groups excluding carboxylic acids is 1. The summed E-state index contributed by atoms with van der Waals surface area (Å²) in [5, 5.41) is 3.28. The summed E-state index contributed by atoms with van der Waals surface area (Å²) in [5.41, 5.74) is 1.30. The van der Waals surface area contributed by atoms with E-state index in [1.54, 1.807) is 17.0 Å². The van der Waals surface area contributed by atoms with E-state index >= 15 is 0 Å². The molecule has 4 heteroatoms. The fourth-order valence-electron chi connectivity index (χ4n) is 2.82. The molecular weight excluding hydrogens is 255 g/mol. The van der Waals surface area contributed by atoms with Crippen molar-refractivity contribution in [3.8, 4) is 0 Å². The van der Waals surface area contributed by atoms with Crippen molar-refractivity contribution >= 4 is 5.91 Å². The van der Waals surface area contributed by atoms with E-state index in [1.807, 2.05) is 13.8 Å². The van der Waals surface area contributed by atoms with Crippen molar-refractivity contribution in [2.45, 2.75) is 32.6 Å². The molecule has 1 aromatic rings. The van der Waals surface area contributed by atoms with E-state index in [2.05, 4.69) is 5.32 Å². The summed E-state index contributed by atoms with van der Waals surface area (Å²) in [6.07, 6.45) is 1.86. The van der Waals surface area contributed by atoms with Gasteiger partial charge in [0.1, 0.15) is 5.82 Å². The van der Waals surface area contributed by atoms with Crippen molar-refractivity contribution in [3.05, 3.63) is 35.1 Å². The van der Waals surface area contributed by atoms with Crippen LogP contribution >= 0.6 is 0 Å². The first-order valence-electron chi connectivity index (χ1n) is 7.46. The number of piperidine rings is 1. The van der Waals surface area contributed by atoms with Crippen molar-refractivity contribution in [2.24, 2.45) is 0 Å². The maximum atomic E-state index is 14.0. The number of halogens is 1. The minimum atomic E-state index is -0.187. The molecule has 20 heavy (non-hydrogen) atoms. The number of carbonyl (C=O) groups is 1. The van der Waals surface area contributed by atoms with E-state index in [0.29, 0.717) is 24.2 Å². The molecule has 0 saturated carbocycles. The van der Waals surface area contributed by atoms with E-state index in [9.17, 15) is 9.18 Å². The van der Waals surface area contributed by atoms with Crippen LogP contribution in [-0.4, -0.2) is 37.0 Å². The summed E-state index contributed by atoms with van der Waals surface area (Å²) in [6, 6.07) is 4.79. The van der Waals surface area contributed by atoms with Crippen LogP contribution in [0.4, 0.5) is 4.39 Å². The molecule has 3 nitrogen and oxygen atoms in total. The number of nitrogens with one attached hydrogen (secondary N) is 1. The summed E-state index contributed by atoms with van der Waals surface area (Å²) < 4.78 is 14.0. The maximum absolute atomic E-state index is 14.0. The van der Waals surface area contributed by atoms with E-state index in [-0.39, 0.29) is 17.6 Å². The monoisotopic (exact) mass is 278 g/mol. The Balaban J connectivity index is 2.25. The third-order valence-corrected chi connectivity index (χ3v) is 4.07. The van der Waals surface area contributed by atoms with Gasteiger partial charge in [-0.2, -0.15) is 0 Å². The molecule has 0 bridgehead atoms. The summed E-state index contributed by atoms with van der Waals surface area (Å²) in [5.74, 6) is 0.0267. The smallest absolute Gasteiger partial charge is 0.253 e. The third kappa shape index (κ3) is 3.18. The average molecular weight is 278 g/mol. The molecule has 1 aliphatic heterocycles. The Kier molecular flexibility index (Phi) is 5.12. The van der Waals surface area contributed by atoms with Gasteiger partial charge >= 0.3 is 0 Å². The lowest BCUT2D eigenvalue weighted by atomic mass is 9.89. The zero-order chi connectivity index (χ0) is 14.5. The van der Waals surface area contributed by atoms with Gasteiger partial charge in [0.2, 0.25) is 0 Å². The summed E-state index contributed by atoms with van der Waals surface area (Å²) in [4.78, 5) is 14.1. The minimum Gasteiger partial charge on any atom is -0.339 e. The molecule has 1 heterocycles. The lowest BCUT2D eigenvalue weighted by Crippen LogP contribution is -2.31. The van der Waals surface area contributed by atoms with Crippen LogP contribution in [0.2, 0.25) is 0 Å². The third-order valence-electron chi connectivity index (χ3n) is 4.07. The SMILES string of the molecule is CCN(CC)C(=O)c1ccc(F)c(C2CCNCC2)c1. The topological polar surface area (TPSA) is 32.3 Å². The predicted molar refractivity (Wildman–Crippen MR) is 78.5 cm³/mol. The van der Waals surface area contributed by atoms with E-state index in [0.717, 1.165) is 25.9 Å². The summed E-state index contributed by atoms with van der Waals surface area (Å²) in [7, 11) is 0.